The molecule has 0 unspecified atom stereocenters. The van der Waals surface area contributed by atoms with Crippen molar-refractivity contribution in [2.24, 2.45) is 0 Å². The first-order valence-electron chi connectivity index (χ1n) is 11.1. The Morgan fingerprint density at radius 2 is 1.91 bits per heavy atom. The van der Waals surface area contributed by atoms with Crippen molar-refractivity contribution in [1.82, 2.24) is 19.8 Å². The predicted molar refractivity (Wildman–Crippen MR) is 129 cm³/mol. The van der Waals surface area contributed by atoms with Gasteiger partial charge in [0.2, 0.25) is 5.91 Å². The van der Waals surface area contributed by atoms with Gasteiger partial charge in [-0.2, -0.15) is 9.97 Å². The second kappa shape index (κ2) is 9.00. The van der Waals surface area contributed by atoms with E-state index < -0.39 is 0 Å². The Morgan fingerprint density at radius 3 is 2.67 bits per heavy atom. The minimum absolute atomic E-state index is 0.0294. The van der Waals surface area contributed by atoms with Crippen molar-refractivity contribution >= 4 is 34.1 Å². The highest BCUT2D eigenvalue weighted by molar-refractivity contribution is 6.32. The third-order valence-corrected chi connectivity index (χ3v) is 6.77. The third-order valence-electron chi connectivity index (χ3n) is 6.42. The summed E-state index contributed by atoms with van der Waals surface area (Å²) in [6.07, 6.45) is 1.37. The summed E-state index contributed by atoms with van der Waals surface area (Å²) in [5.41, 5.74) is 3.23. The van der Waals surface area contributed by atoms with Crippen molar-refractivity contribution in [3.8, 4) is 6.01 Å². The first kappa shape index (κ1) is 21.7. The van der Waals surface area contributed by atoms with Gasteiger partial charge in [-0.1, -0.05) is 48.5 Å². The topological polar surface area (TPSA) is 61.8 Å². The van der Waals surface area contributed by atoms with E-state index in [2.05, 4.69) is 39.6 Å². The van der Waals surface area contributed by atoms with Crippen LogP contribution in [0.2, 0.25) is 5.02 Å². The van der Waals surface area contributed by atoms with E-state index in [4.69, 9.17) is 21.3 Å². The van der Waals surface area contributed by atoms with E-state index >= 15 is 0 Å². The number of piperazine rings is 1. The Labute approximate surface area is 198 Å². The maximum atomic E-state index is 12.0. The van der Waals surface area contributed by atoms with E-state index in [1.165, 1.54) is 16.8 Å². The molecule has 2 aliphatic heterocycles. The lowest BCUT2D eigenvalue weighted by Crippen LogP contribution is -2.48. The number of hydrogen-bond donors (Lipinski definition) is 0. The van der Waals surface area contributed by atoms with Crippen molar-refractivity contribution in [2.75, 3.05) is 38.2 Å². The molecule has 2 aromatic carbocycles. The summed E-state index contributed by atoms with van der Waals surface area (Å²) < 4.78 is 5.41. The van der Waals surface area contributed by atoms with Crippen LogP contribution in [0.25, 0.3) is 10.8 Å². The average Bonchev–Trinajstić information content (AvgIpc) is 3.27. The van der Waals surface area contributed by atoms with Crippen LogP contribution in [0.3, 0.4) is 0 Å². The smallest absolute Gasteiger partial charge is 0.318 e. The van der Waals surface area contributed by atoms with Crippen LogP contribution in [0.4, 0.5) is 5.82 Å². The molecule has 0 N–H and O–H groups in total. The van der Waals surface area contributed by atoms with Gasteiger partial charge in [-0.25, -0.2) is 0 Å². The molecule has 2 aliphatic rings. The van der Waals surface area contributed by atoms with Crippen LogP contribution >= 0.6 is 11.6 Å². The molecular weight excluding hydrogens is 438 g/mol. The first-order valence-corrected chi connectivity index (χ1v) is 11.4. The normalized spacial score (nSPS) is 16.2. The molecule has 170 valence electrons. The number of rotatable bonds is 5. The molecule has 1 fully saturated rings. The van der Waals surface area contributed by atoms with Crippen molar-refractivity contribution in [2.45, 2.75) is 19.6 Å². The fourth-order valence-corrected chi connectivity index (χ4v) is 4.93. The highest BCUT2D eigenvalue weighted by Gasteiger charge is 2.30. The minimum atomic E-state index is -0.0294. The summed E-state index contributed by atoms with van der Waals surface area (Å²) >= 11 is 6.62. The van der Waals surface area contributed by atoms with Crippen LogP contribution in [-0.4, -0.2) is 59.0 Å². The highest BCUT2D eigenvalue weighted by atomic mass is 35.5. The molecule has 0 spiro atoms. The van der Waals surface area contributed by atoms with Crippen molar-refractivity contribution < 1.29 is 9.53 Å². The van der Waals surface area contributed by atoms with E-state index in [0.29, 0.717) is 38.7 Å². The molecule has 7 nitrogen and oxygen atoms in total. The monoisotopic (exact) mass is 463 g/mol. The number of fused-ring (bicyclic) bond motifs is 2. The fraction of sp³-hybridized carbons (Fsp3) is 0.320. The standard InChI is InChI=1S/C25H26ClN5O2/c1-3-23(32)30-10-12-31(13-11-30)24-20-15-29(16-22(20)27-25(28-24)33-2)14-19-18-7-5-4-6-17(18)8-9-21(19)26/h3-9H,1,10-16H2,2H3. The Morgan fingerprint density at radius 1 is 1.12 bits per heavy atom. The van der Waals surface area contributed by atoms with Gasteiger partial charge in [0.05, 0.1) is 12.8 Å². The Hall–Kier alpha value is -3.16. The van der Waals surface area contributed by atoms with Crippen LogP contribution in [0.1, 0.15) is 16.8 Å². The number of amides is 1. The number of nitrogens with zero attached hydrogens (tertiary/aromatic N) is 5. The third kappa shape index (κ3) is 4.14. The van der Waals surface area contributed by atoms with Gasteiger partial charge in [0.1, 0.15) is 5.82 Å². The van der Waals surface area contributed by atoms with Crippen LogP contribution in [0, 0.1) is 0 Å². The zero-order valence-corrected chi connectivity index (χ0v) is 19.4. The number of methoxy groups -OCH3 is 1. The van der Waals surface area contributed by atoms with Crippen molar-refractivity contribution in [3.05, 3.63) is 70.9 Å². The van der Waals surface area contributed by atoms with Gasteiger partial charge in [0.25, 0.3) is 0 Å². The maximum absolute atomic E-state index is 12.0. The SMILES string of the molecule is C=CC(=O)N1CCN(c2nc(OC)nc3c2CN(Cc2c(Cl)ccc4ccccc24)C3)CC1. The number of halogens is 1. The molecule has 1 aromatic heterocycles. The molecule has 8 heteroatoms. The van der Waals surface area contributed by atoms with E-state index in [0.717, 1.165) is 40.8 Å². The summed E-state index contributed by atoms with van der Waals surface area (Å²) in [6, 6.07) is 12.7. The quantitative estimate of drug-likeness (QED) is 0.538. The largest absolute Gasteiger partial charge is 0.467 e. The maximum Gasteiger partial charge on any atom is 0.318 e. The summed E-state index contributed by atoms with van der Waals surface area (Å²) in [4.78, 5) is 27.7. The summed E-state index contributed by atoms with van der Waals surface area (Å²) in [6.45, 7) is 8.46. The lowest BCUT2D eigenvalue weighted by Gasteiger charge is -2.35. The molecular formula is C25H26ClN5O2. The second-order valence-corrected chi connectivity index (χ2v) is 8.78. The number of carbonyl (C=O) groups excluding carboxylic acids is 1. The van der Waals surface area contributed by atoms with Gasteiger partial charge in [0, 0.05) is 56.4 Å². The van der Waals surface area contributed by atoms with Crippen LogP contribution in [-0.2, 0) is 24.4 Å². The molecule has 1 saturated heterocycles. The Kier molecular flexibility index (Phi) is 5.91. The molecule has 0 bridgehead atoms. The molecule has 0 saturated carbocycles. The van der Waals surface area contributed by atoms with Gasteiger partial charge < -0.3 is 14.5 Å². The molecule has 1 amide bonds. The van der Waals surface area contributed by atoms with Gasteiger partial charge >= 0.3 is 6.01 Å². The number of hydrogen-bond acceptors (Lipinski definition) is 6. The van der Waals surface area contributed by atoms with E-state index in [9.17, 15) is 4.79 Å². The summed E-state index contributed by atoms with van der Waals surface area (Å²) in [7, 11) is 1.59. The first-order chi connectivity index (χ1) is 16.1. The zero-order valence-electron chi connectivity index (χ0n) is 18.6. The Bertz CT molecular complexity index is 1220. The van der Waals surface area contributed by atoms with Gasteiger partial charge in [-0.05, 0) is 28.5 Å². The second-order valence-electron chi connectivity index (χ2n) is 8.37. The number of anilines is 1. The van der Waals surface area contributed by atoms with Crippen LogP contribution in [0.15, 0.2) is 49.1 Å². The Balaban J connectivity index is 1.40. The molecule has 0 aliphatic carbocycles. The molecule has 0 atom stereocenters. The molecule has 0 radical (unpaired) electrons. The average molecular weight is 464 g/mol. The fourth-order valence-electron chi connectivity index (χ4n) is 4.71. The lowest BCUT2D eigenvalue weighted by molar-refractivity contribution is -0.126. The van der Waals surface area contributed by atoms with E-state index in [1.807, 2.05) is 23.1 Å². The number of benzene rings is 2. The van der Waals surface area contributed by atoms with E-state index in [-0.39, 0.29) is 5.91 Å². The van der Waals surface area contributed by atoms with Crippen molar-refractivity contribution in [3.63, 3.8) is 0 Å². The van der Waals surface area contributed by atoms with Gasteiger partial charge in [-0.3, -0.25) is 9.69 Å². The minimum Gasteiger partial charge on any atom is -0.467 e. The molecule has 5 rings (SSSR count). The summed E-state index contributed by atoms with van der Waals surface area (Å²) in [5, 5.41) is 3.13. The summed E-state index contributed by atoms with van der Waals surface area (Å²) in [5.74, 6) is 0.868. The highest BCUT2D eigenvalue weighted by Crippen LogP contribution is 2.34. The van der Waals surface area contributed by atoms with Gasteiger partial charge in [0.15, 0.2) is 0 Å². The number of aromatic nitrogens is 2. The molecule has 3 heterocycles. The molecule has 3 aromatic rings. The van der Waals surface area contributed by atoms with Crippen LogP contribution in [0.5, 0.6) is 6.01 Å². The zero-order chi connectivity index (χ0) is 22.9. The van der Waals surface area contributed by atoms with Crippen molar-refractivity contribution in [1.29, 1.82) is 0 Å². The van der Waals surface area contributed by atoms with Gasteiger partial charge in [-0.15, -0.1) is 0 Å². The number of ether oxygens (including phenoxy) is 1. The number of carbonyl (C=O) groups is 1. The molecule has 33 heavy (non-hydrogen) atoms. The lowest BCUT2D eigenvalue weighted by atomic mass is 10.0. The van der Waals surface area contributed by atoms with E-state index in [1.54, 1.807) is 7.11 Å². The van der Waals surface area contributed by atoms with Crippen LogP contribution < -0.4 is 9.64 Å². The predicted octanol–water partition coefficient (Wildman–Crippen LogP) is 3.64.